The molecule has 21 heavy (non-hydrogen) atoms. The van der Waals surface area contributed by atoms with E-state index in [0.29, 0.717) is 15.6 Å². The topological polar surface area (TPSA) is 49.3 Å². The monoisotopic (exact) mass is 323 g/mol. The fourth-order valence-electron chi connectivity index (χ4n) is 2.08. The lowest BCUT2D eigenvalue weighted by molar-refractivity contribution is -0.139. The molecular weight excluding hydrogens is 309 g/mol. The summed E-state index contributed by atoms with van der Waals surface area (Å²) >= 11 is 11.9. The van der Waals surface area contributed by atoms with Gasteiger partial charge in [0.05, 0.1) is 10.0 Å². The Labute approximate surface area is 133 Å². The van der Waals surface area contributed by atoms with Gasteiger partial charge in [-0.3, -0.25) is 10.1 Å². The first-order chi connectivity index (χ1) is 9.99. The summed E-state index contributed by atoms with van der Waals surface area (Å²) in [7, 11) is 0. The number of carboxylic acid groups (broad SMARTS) is 1. The van der Waals surface area contributed by atoms with Gasteiger partial charge in [0.25, 0.3) is 0 Å². The van der Waals surface area contributed by atoms with Crippen molar-refractivity contribution in [3.8, 4) is 0 Å². The van der Waals surface area contributed by atoms with Gasteiger partial charge in [0.2, 0.25) is 0 Å². The number of nitrogens with one attached hydrogen (secondary N) is 1. The molecule has 0 amide bonds. The predicted octanol–water partition coefficient (Wildman–Crippen LogP) is 4.47. The molecule has 0 aliphatic heterocycles. The zero-order chi connectivity index (χ0) is 15.4. The van der Waals surface area contributed by atoms with E-state index in [4.69, 9.17) is 23.2 Å². The van der Waals surface area contributed by atoms with Gasteiger partial charge in [-0.05, 0) is 30.2 Å². The zero-order valence-electron chi connectivity index (χ0n) is 11.4. The lowest BCUT2D eigenvalue weighted by Gasteiger charge is -2.21. The summed E-state index contributed by atoms with van der Waals surface area (Å²) in [5.74, 6) is -0.923. The molecule has 0 heterocycles. The van der Waals surface area contributed by atoms with E-state index in [1.165, 1.54) is 0 Å². The Hall–Kier alpha value is -1.55. The average Bonchev–Trinajstić information content (AvgIpc) is 2.48. The molecule has 2 aromatic carbocycles. The molecule has 2 aromatic rings. The van der Waals surface area contributed by atoms with Crippen molar-refractivity contribution in [3.05, 3.63) is 69.7 Å². The van der Waals surface area contributed by atoms with E-state index in [1.807, 2.05) is 31.2 Å². The quantitative estimate of drug-likeness (QED) is 0.853. The van der Waals surface area contributed by atoms with Gasteiger partial charge >= 0.3 is 5.97 Å². The van der Waals surface area contributed by atoms with Crippen molar-refractivity contribution in [3.63, 3.8) is 0 Å². The van der Waals surface area contributed by atoms with Crippen molar-refractivity contribution in [2.24, 2.45) is 0 Å². The maximum absolute atomic E-state index is 11.5. The van der Waals surface area contributed by atoms with Gasteiger partial charge in [0.15, 0.2) is 0 Å². The van der Waals surface area contributed by atoms with E-state index in [0.717, 1.165) is 5.56 Å². The lowest BCUT2D eigenvalue weighted by atomic mass is 10.0. The third kappa shape index (κ3) is 3.97. The predicted molar refractivity (Wildman–Crippen MR) is 84.8 cm³/mol. The molecule has 3 nitrogen and oxygen atoms in total. The minimum Gasteiger partial charge on any atom is -0.480 e. The van der Waals surface area contributed by atoms with Crippen molar-refractivity contribution in [1.29, 1.82) is 0 Å². The first kappa shape index (κ1) is 15.8. The Kier molecular flexibility index (Phi) is 5.23. The molecule has 2 atom stereocenters. The maximum Gasteiger partial charge on any atom is 0.325 e. The van der Waals surface area contributed by atoms with Gasteiger partial charge in [0.1, 0.15) is 6.04 Å². The second-order valence-electron chi connectivity index (χ2n) is 4.74. The number of hydrogen-bond donors (Lipinski definition) is 2. The molecule has 5 heteroatoms. The summed E-state index contributed by atoms with van der Waals surface area (Å²) in [6, 6.07) is 13.4. The van der Waals surface area contributed by atoms with Crippen LogP contribution in [0.15, 0.2) is 48.5 Å². The number of carbonyl (C=O) groups is 1. The molecular formula is C16H15Cl2NO2. The van der Waals surface area contributed by atoms with Crippen LogP contribution < -0.4 is 5.32 Å². The molecule has 0 saturated heterocycles. The number of carboxylic acids is 1. The van der Waals surface area contributed by atoms with E-state index < -0.39 is 12.0 Å². The lowest BCUT2D eigenvalue weighted by Crippen LogP contribution is -2.30. The van der Waals surface area contributed by atoms with Gasteiger partial charge in [0, 0.05) is 6.04 Å². The molecule has 0 saturated carbocycles. The highest BCUT2D eigenvalue weighted by atomic mass is 35.5. The SMILES string of the molecule is CC(NC(C(=O)O)c1ccccc1)c1ccc(Cl)c(Cl)c1. The largest absolute Gasteiger partial charge is 0.480 e. The van der Waals surface area contributed by atoms with Crippen LogP contribution in [0, 0.1) is 0 Å². The number of aliphatic carboxylic acids is 1. The third-order valence-electron chi connectivity index (χ3n) is 3.24. The van der Waals surface area contributed by atoms with Crippen LogP contribution in [0.25, 0.3) is 0 Å². The summed E-state index contributed by atoms with van der Waals surface area (Å²) in [6.07, 6.45) is 0. The second-order valence-corrected chi connectivity index (χ2v) is 5.56. The van der Waals surface area contributed by atoms with Gasteiger partial charge in [-0.2, -0.15) is 0 Å². The van der Waals surface area contributed by atoms with Crippen LogP contribution in [0.4, 0.5) is 0 Å². The average molecular weight is 324 g/mol. The summed E-state index contributed by atoms with van der Waals surface area (Å²) in [5.41, 5.74) is 1.59. The Bertz CT molecular complexity index is 631. The molecule has 0 spiro atoms. The summed E-state index contributed by atoms with van der Waals surface area (Å²) in [5, 5.41) is 13.4. The molecule has 110 valence electrons. The molecule has 0 aliphatic rings. The zero-order valence-corrected chi connectivity index (χ0v) is 12.9. The number of halogens is 2. The normalized spacial score (nSPS) is 13.7. The first-order valence-corrected chi connectivity index (χ1v) is 7.23. The molecule has 2 N–H and O–H groups in total. The third-order valence-corrected chi connectivity index (χ3v) is 3.98. The van der Waals surface area contributed by atoms with E-state index in [1.54, 1.807) is 24.3 Å². The molecule has 0 fully saturated rings. The van der Waals surface area contributed by atoms with Crippen molar-refractivity contribution in [1.82, 2.24) is 5.32 Å². The van der Waals surface area contributed by atoms with Gasteiger partial charge in [-0.25, -0.2) is 0 Å². The Balaban J connectivity index is 2.20. The van der Waals surface area contributed by atoms with Crippen LogP contribution in [-0.2, 0) is 4.79 Å². The highest BCUT2D eigenvalue weighted by molar-refractivity contribution is 6.42. The number of hydrogen-bond acceptors (Lipinski definition) is 2. The van der Waals surface area contributed by atoms with Gasteiger partial charge in [-0.1, -0.05) is 59.6 Å². The smallest absolute Gasteiger partial charge is 0.325 e. The maximum atomic E-state index is 11.5. The van der Waals surface area contributed by atoms with Crippen LogP contribution in [0.3, 0.4) is 0 Å². The van der Waals surface area contributed by atoms with E-state index >= 15 is 0 Å². The Morgan fingerprint density at radius 2 is 1.71 bits per heavy atom. The fraction of sp³-hybridized carbons (Fsp3) is 0.188. The van der Waals surface area contributed by atoms with Crippen LogP contribution in [0.1, 0.15) is 30.1 Å². The van der Waals surface area contributed by atoms with E-state index in [-0.39, 0.29) is 6.04 Å². The van der Waals surface area contributed by atoms with Crippen LogP contribution in [-0.4, -0.2) is 11.1 Å². The molecule has 0 aliphatic carbocycles. The molecule has 2 unspecified atom stereocenters. The minimum atomic E-state index is -0.923. The molecule has 2 rings (SSSR count). The minimum absolute atomic E-state index is 0.180. The van der Waals surface area contributed by atoms with Crippen molar-refractivity contribution in [2.45, 2.75) is 19.0 Å². The summed E-state index contributed by atoms with van der Waals surface area (Å²) in [6.45, 7) is 1.89. The van der Waals surface area contributed by atoms with Crippen LogP contribution >= 0.6 is 23.2 Å². The summed E-state index contributed by atoms with van der Waals surface area (Å²) < 4.78 is 0. The van der Waals surface area contributed by atoms with Crippen LogP contribution in [0.5, 0.6) is 0 Å². The Morgan fingerprint density at radius 3 is 2.29 bits per heavy atom. The standard InChI is InChI=1S/C16H15Cl2NO2/c1-10(12-7-8-13(17)14(18)9-12)19-15(16(20)21)11-5-3-2-4-6-11/h2-10,15,19H,1H3,(H,20,21). The van der Waals surface area contributed by atoms with E-state index in [9.17, 15) is 9.90 Å². The molecule has 0 aromatic heterocycles. The van der Waals surface area contributed by atoms with Crippen molar-refractivity contribution >= 4 is 29.2 Å². The second kappa shape index (κ2) is 6.94. The summed E-state index contributed by atoms with van der Waals surface area (Å²) in [4.78, 5) is 11.5. The fourth-order valence-corrected chi connectivity index (χ4v) is 2.39. The van der Waals surface area contributed by atoms with Gasteiger partial charge < -0.3 is 5.11 Å². The molecule has 0 bridgehead atoms. The Morgan fingerprint density at radius 1 is 1.05 bits per heavy atom. The molecule has 0 radical (unpaired) electrons. The van der Waals surface area contributed by atoms with Crippen molar-refractivity contribution < 1.29 is 9.90 Å². The first-order valence-electron chi connectivity index (χ1n) is 6.48. The van der Waals surface area contributed by atoms with Crippen LogP contribution in [0.2, 0.25) is 10.0 Å². The number of rotatable bonds is 5. The highest BCUT2D eigenvalue weighted by Gasteiger charge is 2.22. The number of benzene rings is 2. The van der Waals surface area contributed by atoms with E-state index in [2.05, 4.69) is 5.32 Å². The highest BCUT2D eigenvalue weighted by Crippen LogP contribution is 2.27. The van der Waals surface area contributed by atoms with Gasteiger partial charge in [-0.15, -0.1) is 0 Å². The van der Waals surface area contributed by atoms with Crippen molar-refractivity contribution in [2.75, 3.05) is 0 Å².